The Balaban J connectivity index is 2.75. The van der Waals surface area contributed by atoms with Gasteiger partial charge < -0.3 is 9.15 Å². The molecule has 122 valence electrons. The lowest BCUT2D eigenvalue weighted by molar-refractivity contribution is -0.137. The van der Waals surface area contributed by atoms with Gasteiger partial charge in [-0.2, -0.15) is 13.2 Å². The van der Waals surface area contributed by atoms with Gasteiger partial charge in [-0.25, -0.2) is 9.78 Å². The van der Waals surface area contributed by atoms with E-state index in [0.29, 0.717) is 0 Å². The number of oxazole rings is 1. The maximum atomic E-state index is 13.1. The Kier molecular flexibility index (Phi) is 4.58. The van der Waals surface area contributed by atoms with Gasteiger partial charge in [-0.1, -0.05) is 12.1 Å². The first kappa shape index (κ1) is 16.8. The molecule has 0 unspecified atom stereocenters. The Morgan fingerprint density at radius 1 is 1.30 bits per heavy atom. The largest absolute Gasteiger partial charge is 0.466 e. The Labute approximate surface area is 129 Å². The average molecular weight is 325 g/mol. The van der Waals surface area contributed by atoms with Crippen molar-refractivity contribution in [2.45, 2.75) is 20.0 Å². The monoisotopic (exact) mass is 325 g/mol. The molecule has 23 heavy (non-hydrogen) atoms. The van der Waals surface area contributed by atoms with Crippen molar-refractivity contribution in [1.29, 1.82) is 0 Å². The Morgan fingerprint density at radius 3 is 2.52 bits per heavy atom. The van der Waals surface area contributed by atoms with E-state index in [1.165, 1.54) is 38.3 Å². The summed E-state index contributed by atoms with van der Waals surface area (Å²) in [5, 5.41) is 0.159. The molecule has 0 radical (unpaired) electrons. The smallest absolute Gasteiger partial charge is 0.417 e. The van der Waals surface area contributed by atoms with Crippen LogP contribution in [0, 0.1) is 0 Å². The summed E-state index contributed by atoms with van der Waals surface area (Å²) in [5.41, 5.74) is -0.682. The molecule has 0 saturated heterocycles. The Morgan fingerprint density at radius 2 is 1.96 bits per heavy atom. The highest BCUT2D eigenvalue weighted by Crippen LogP contribution is 2.35. The molecule has 0 saturated carbocycles. The fourth-order valence-electron chi connectivity index (χ4n) is 2.08. The van der Waals surface area contributed by atoms with Gasteiger partial charge in [0.05, 0.1) is 18.2 Å². The molecule has 0 fully saturated rings. The molecule has 0 spiro atoms. The number of esters is 1. The summed E-state index contributed by atoms with van der Waals surface area (Å²) in [6, 6.07) is 4.96. The van der Waals surface area contributed by atoms with Gasteiger partial charge in [0, 0.05) is 5.56 Å². The van der Waals surface area contributed by atoms with Crippen LogP contribution >= 0.6 is 0 Å². The number of halogens is 3. The lowest BCUT2D eigenvalue weighted by Crippen LogP contribution is -2.27. The number of rotatable bonds is 2. The molecule has 1 aromatic heterocycles. The molecule has 2 aromatic rings. The van der Waals surface area contributed by atoms with Crippen molar-refractivity contribution in [2.75, 3.05) is 7.11 Å². The van der Waals surface area contributed by atoms with E-state index in [4.69, 9.17) is 4.42 Å². The van der Waals surface area contributed by atoms with Crippen LogP contribution in [0.1, 0.15) is 19.4 Å². The van der Waals surface area contributed by atoms with E-state index in [2.05, 4.69) is 9.72 Å². The molecule has 0 atom stereocenters. The van der Waals surface area contributed by atoms with Gasteiger partial charge in [-0.05, 0) is 32.1 Å². The molecule has 0 aliphatic rings. The summed E-state index contributed by atoms with van der Waals surface area (Å²) in [6.45, 7) is 3.10. The second-order valence-corrected chi connectivity index (χ2v) is 4.68. The molecular formula is C16H14F3NO3. The van der Waals surface area contributed by atoms with E-state index in [9.17, 15) is 18.0 Å². The van der Waals surface area contributed by atoms with E-state index >= 15 is 0 Å². The summed E-state index contributed by atoms with van der Waals surface area (Å²) in [4.78, 5) is 15.7. The maximum absolute atomic E-state index is 13.1. The third-order valence-electron chi connectivity index (χ3n) is 3.23. The number of alkyl halides is 3. The van der Waals surface area contributed by atoms with Crippen LogP contribution in [0.15, 0.2) is 28.7 Å². The summed E-state index contributed by atoms with van der Waals surface area (Å²) >= 11 is 0. The van der Waals surface area contributed by atoms with E-state index in [-0.39, 0.29) is 27.8 Å². The Hall–Kier alpha value is -2.57. The normalized spacial score (nSPS) is 13.9. The minimum absolute atomic E-state index is 0.153. The molecule has 0 aliphatic heterocycles. The third kappa shape index (κ3) is 3.28. The van der Waals surface area contributed by atoms with Crippen molar-refractivity contribution < 1.29 is 27.1 Å². The standard InChI is InChI=1S/C16H14F3NO3/c1-4-12-13(9(2)15(21)22-3)20-14(23-12)10-7-5-6-8-11(10)16(17,18)19/h4-8H,1-3H3. The zero-order valence-corrected chi connectivity index (χ0v) is 12.7. The van der Waals surface area contributed by atoms with Crippen molar-refractivity contribution in [3.63, 3.8) is 0 Å². The highest BCUT2D eigenvalue weighted by Gasteiger charge is 2.34. The average Bonchev–Trinajstić information content (AvgIpc) is 2.96. The third-order valence-corrected chi connectivity index (χ3v) is 3.23. The number of carbonyl (C=O) groups excluding carboxylic acids is 1. The number of hydrogen-bond acceptors (Lipinski definition) is 4. The van der Waals surface area contributed by atoms with Gasteiger partial charge in [-0.15, -0.1) is 0 Å². The van der Waals surface area contributed by atoms with Crippen LogP contribution in [0.25, 0.3) is 23.1 Å². The molecule has 0 bridgehead atoms. The van der Waals surface area contributed by atoms with Crippen LogP contribution in [-0.4, -0.2) is 18.1 Å². The van der Waals surface area contributed by atoms with Gasteiger partial charge in [0.25, 0.3) is 0 Å². The zero-order valence-electron chi connectivity index (χ0n) is 12.7. The number of nitrogens with zero attached hydrogens (tertiary/aromatic N) is 1. The summed E-state index contributed by atoms with van der Waals surface area (Å²) in [6.07, 6.45) is -3.02. The molecule has 2 rings (SSSR count). The maximum Gasteiger partial charge on any atom is 0.417 e. The first-order valence-corrected chi connectivity index (χ1v) is 6.68. The molecule has 0 aliphatic carbocycles. The van der Waals surface area contributed by atoms with Crippen molar-refractivity contribution in [3.8, 4) is 11.5 Å². The molecule has 1 aromatic carbocycles. The minimum atomic E-state index is -4.54. The van der Waals surface area contributed by atoms with E-state index in [0.717, 1.165) is 6.07 Å². The topological polar surface area (TPSA) is 52.3 Å². The van der Waals surface area contributed by atoms with Gasteiger partial charge in [0.15, 0.2) is 5.42 Å². The predicted molar refractivity (Wildman–Crippen MR) is 77.4 cm³/mol. The van der Waals surface area contributed by atoms with Crippen molar-refractivity contribution >= 4 is 17.6 Å². The minimum Gasteiger partial charge on any atom is -0.466 e. The number of ether oxygens (including phenoxy) is 1. The molecule has 0 N–H and O–H groups in total. The first-order chi connectivity index (χ1) is 10.8. The molecule has 4 nitrogen and oxygen atoms in total. The van der Waals surface area contributed by atoms with Crippen molar-refractivity contribution in [1.82, 2.24) is 4.98 Å². The molecule has 0 amide bonds. The van der Waals surface area contributed by atoms with Gasteiger partial charge in [0.1, 0.15) is 5.35 Å². The predicted octanol–water partition coefficient (Wildman–Crippen LogP) is 2.50. The van der Waals surface area contributed by atoms with Crippen LogP contribution in [0.4, 0.5) is 13.2 Å². The fraction of sp³-hybridized carbons (Fsp3) is 0.250. The summed E-state index contributed by atoms with van der Waals surface area (Å²) in [7, 11) is 1.21. The highest BCUT2D eigenvalue weighted by molar-refractivity contribution is 6.08. The quantitative estimate of drug-likeness (QED) is 0.796. The van der Waals surface area contributed by atoms with Gasteiger partial charge in [-0.3, -0.25) is 0 Å². The highest BCUT2D eigenvalue weighted by atomic mass is 19.4. The number of carbonyl (C=O) groups is 1. The van der Waals surface area contributed by atoms with Crippen LogP contribution in [-0.2, 0) is 15.7 Å². The van der Waals surface area contributed by atoms with Crippen molar-refractivity contribution in [2.24, 2.45) is 0 Å². The van der Waals surface area contributed by atoms with E-state index in [1.807, 2.05) is 0 Å². The number of aromatic nitrogens is 1. The SMILES string of the molecule is CC=c1oc(-c2ccccc2C(F)(F)F)nc1=C(C)C(=O)OC. The zero-order chi connectivity index (χ0) is 17.2. The van der Waals surface area contributed by atoms with Gasteiger partial charge in [0.2, 0.25) is 5.89 Å². The second kappa shape index (κ2) is 6.28. The van der Waals surface area contributed by atoms with Crippen molar-refractivity contribution in [3.05, 3.63) is 40.6 Å². The lowest BCUT2D eigenvalue weighted by Gasteiger charge is -2.09. The number of hydrogen-bond donors (Lipinski definition) is 0. The second-order valence-electron chi connectivity index (χ2n) is 4.68. The van der Waals surface area contributed by atoms with Crippen LogP contribution < -0.4 is 10.8 Å². The molecule has 7 heteroatoms. The van der Waals surface area contributed by atoms with Gasteiger partial charge >= 0.3 is 12.1 Å². The summed E-state index contributed by atoms with van der Waals surface area (Å²) in [5.74, 6) is -0.832. The first-order valence-electron chi connectivity index (χ1n) is 6.68. The van der Waals surface area contributed by atoms with Crippen LogP contribution in [0.2, 0.25) is 0 Å². The number of benzene rings is 1. The summed E-state index contributed by atoms with van der Waals surface area (Å²) < 4.78 is 49.3. The van der Waals surface area contributed by atoms with E-state index < -0.39 is 17.7 Å². The lowest BCUT2D eigenvalue weighted by atomic mass is 10.1. The van der Waals surface area contributed by atoms with E-state index in [1.54, 1.807) is 6.92 Å². The number of methoxy groups -OCH3 is 1. The fourth-order valence-corrected chi connectivity index (χ4v) is 2.08. The molecule has 1 heterocycles. The van der Waals surface area contributed by atoms with Crippen LogP contribution in [0.5, 0.6) is 0 Å². The van der Waals surface area contributed by atoms with Crippen LogP contribution in [0.3, 0.4) is 0 Å². The Bertz CT molecular complexity index is 850. The molecular weight excluding hydrogens is 311 g/mol.